The lowest BCUT2D eigenvalue weighted by atomic mass is 9.50. The molecule has 0 saturated heterocycles. The molecule has 0 aliphatic heterocycles. The zero-order valence-corrected chi connectivity index (χ0v) is 8.73. The van der Waals surface area contributed by atoms with Gasteiger partial charge in [-0.05, 0) is 37.3 Å². The highest BCUT2D eigenvalue weighted by molar-refractivity contribution is 5.94. The van der Waals surface area contributed by atoms with E-state index in [0.29, 0.717) is 11.3 Å². The Kier molecular flexibility index (Phi) is 1.78. The Labute approximate surface area is 93.3 Å². The lowest BCUT2D eigenvalue weighted by Gasteiger charge is -2.61. The van der Waals surface area contributed by atoms with Crippen molar-refractivity contribution in [3.05, 3.63) is 29.6 Å². The number of nitriles is 1. The first-order valence-electron chi connectivity index (χ1n) is 5.39. The minimum Gasteiger partial charge on any atom is -0.347 e. The van der Waals surface area contributed by atoms with Crippen LogP contribution in [0.25, 0.3) is 0 Å². The van der Waals surface area contributed by atoms with E-state index in [4.69, 9.17) is 5.26 Å². The molecule has 3 aliphatic rings. The highest BCUT2D eigenvalue weighted by Gasteiger charge is 2.57. The van der Waals surface area contributed by atoms with Crippen molar-refractivity contribution in [1.29, 1.82) is 5.26 Å². The van der Waals surface area contributed by atoms with E-state index < -0.39 is 0 Å². The van der Waals surface area contributed by atoms with Crippen LogP contribution in [0.15, 0.2) is 18.3 Å². The molecule has 3 saturated carbocycles. The number of aromatic nitrogens is 1. The summed E-state index contributed by atoms with van der Waals surface area (Å²) in [5.74, 6) is 0.773. The van der Waals surface area contributed by atoms with Crippen molar-refractivity contribution < 1.29 is 4.79 Å². The van der Waals surface area contributed by atoms with E-state index in [9.17, 15) is 4.79 Å². The van der Waals surface area contributed by atoms with Crippen molar-refractivity contribution >= 4 is 5.91 Å². The summed E-state index contributed by atoms with van der Waals surface area (Å²) in [4.78, 5) is 15.7. The van der Waals surface area contributed by atoms with Crippen molar-refractivity contribution in [3.8, 4) is 6.07 Å². The summed E-state index contributed by atoms with van der Waals surface area (Å²) in [6.45, 7) is 0. The van der Waals surface area contributed by atoms with Gasteiger partial charge < -0.3 is 5.32 Å². The first-order valence-corrected chi connectivity index (χ1v) is 5.39. The van der Waals surface area contributed by atoms with Gasteiger partial charge in [-0.15, -0.1) is 0 Å². The van der Waals surface area contributed by atoms with Gasteiger partial charge in [-0.2, -0.15) is 5.26 Å². The third-order valence-corrected chi connectivity index (χ3v) is 3.56. The van der Waals surface area contributed by atoms with Gasteiger partial charge in [-0.25, -0.2) is 4.98 Å². The van der Waals surface area contributed by atoms with E-state index in [1.54, 1.807) is 12.1 Å². The predicted molar refractivity (Wildman–Crippen MR) is 56.5 cm³/mol. The van der Waals surface area contributed by atoms with Crippen LogP contribution < -0.4 is 5.32 Å². The van der Waals surface area contributed by atoms with Gasteiger partial charge >= 0.3 is 0 Å². The average Bonchev–Trinajstić information content (AvgIpc) is 2.21. The van der Waals surface area contributed by atoms with E-state index in [-0.39, 0.29) is 11.4 Å². The zero-order chi connectivity index (χ0) is 11.2. The van der Waals surface area contributed by atoms with E-state index in [1.807, 2.05) is 6.07 Å². The second-order valence-corrected chi connectivity index (χ2v) is 4.76. The van der Waals surface area contributed by atoms with E-state index >= 15 is 0 Å². The molecule has 0 aromatic carbocycles. The standard InChI is InChI=1S/C12H11N3O/c13-6-10-2-1-9(7-14-10)11(16)15-12-3-8(4-12)5-12/h1-2,7-8H,3-5H2,(H,15,16). The Morgan fingerprint density at radius 2 is 2.25 bits per heavy atom. The normalized spacial score (nSPS) is 29.6. The summed E-state index contributed by atoms with van der Waals surface area (Å²) in [6.07, 6.45) is 4.84. The van der Waals surface area contributed by atoms with Crippen LogP contribution in [-0.2, 0) is 0 Å². The van der Waals surface area contributed by atoms with Crippen LogP contribution in [0.5, 0.6) is 0 Å². The smallest absolute Gasteiger partial charge is 0.253 e. The van der Waals surface area contributed by atoms with Crippen molar-refractivity contribution in [3.63, 3.8) is 0 Å². The third-order valence-electron chi connectivity index (χ3n) is 3.56. The Morgan fingerprint density at radius 3 is 2.69 bits per heavy atom. The van der Waals surface area contributed by atoms with Crippen LogP contribution >= 0.6 is 0 Å². The van der Waals surface area contributed by atoms with E-state index in [2.05, 4.69) is 10.3 Å². The molecular weight excluding hydrogens is 202 g/mol. The molecule has 1 heterocycles. The molecule has 1 aromatic rings. The number of carbonyl (C=O) groups excluding carboxylic acids is 1. The van der Waals surface area contributed by atoms with Crippen LogP contribution in [0.3, 0.4) is 0 Å². The van der Waals surface area contributed by atoms with Gasteiger partial charge in [0.1, 0.15) is 11.8 Å². The summed E-state index contributed by atoms with van der Waals surface area (Å²) in [5.41, 5.74) is 0.959. The SMILES string of the molecule is N#Cc1ccc(C(=O)NC23CC(C2)C3)cn1. The third kappa shape index (κ3) is 1.28. The van der Waals surface area contributed by atoms with Gasteiger partial charge in [0.2, 0.25) is 0 Å². The topological polar surface area (TPSA) is 65.8 Å². The second-order valence-electron chi connectivity index (χ2n) is 4.76. The minimum atomic E-state index is -0.0739. The molecule has 4 heteroatoms. The molecule has 0 unspecified atom stereocenters. The zero-order valence-electron chi connectivity index (χ0n) is 8.73. The maximum absolute atomic E-state index is 11.8. The van der Waals surface area contributed by atoms with Gasteiger partial charge in [0.15, 0.2) is 0 Å². The summed E-state index contributed by atoms with van der Waals surface area (Å²) in [5, 5.41) is 11.6. The number of pyridine rings is 1. The Bertz CT molecular complexity index is 469. The molecule has 1 aromatic heterocycles. The van der Waals surface area contributed by atoms with Crippen LogP contribution in [0.1, 0.15) is 35.3 Å². The van der Waals surface area contributed by atoms with Crippen molar-refractivity contribution in [2.24, 2.45) is 5.92 Å². The molecule has 4 nitrogen and oxygen atoms in total. The number of rotatable bonds is 2. The van der Waals surface area contributed by atoms with Crippen molar-refractivity contribution in [2.75, 3.05) is 0 Å². The van der Waals surface area contributed by atoms with Gasteiger partial charge in [0, 0.05) is 11.7 Å². The first-order chi connectivity index (χ1) is 7.71. The lowest BCUT2D eigenvalue weighted by molar-refractivity contribution is -0.0438. The molecule has 0 radical (unpaired) electrons. The molecule has 16 heavy (non-hydrogen) atoms. The van der Waals surface area contributed by atoms with Crippen molar-refractivity contribution in [1.82, 2.24) is 10.3 Å². The summed E-state index contributed by atoms with van der Waals surface area (Å²) >= 11 is 0. The fraction of sp³-hybridized carbons (Fsp3) is 0.417. The van der Waals surface area contributed by atoms with Gasteiger partial charge in [-0.3, -0.25) is 4.79 Å². The number of nitrogens with zero attached hydrogens (tertiary/aromatic N) is 2. The molecular formula is C12H11N3O. The van der Waals surface area contributed by atoms with Crippen LogP contribution in [-0.4, -0.2) is 16.4 Å². The van der Waals surface area contributed by atoms with Crippen LogP contribution in [0, 0.1) is 17.2 Å². The van der Waals surface area contributed by atoms with E-state index in [0.717, 1.165) is 25.2 Å². The highest BCUT2D eigenvalue weighted by atomic mass is 16.1. The van der Waals surface area contributed by atoms with Gasteiger partial charge in [0.25, 0.3) is 5.91 Å². The predicted octanol–water partition coefficient (Wildman–Crippen LogP) is 1.24. The van der Waals surface area contributed by atoms with Crippen LogP contribution in [0.2, 0.25) is 0 Å². The first kappa shape index (κ1) is 9.34. The maximum Gasteiger partial charge on any atom is 0.253 e. The molecule has 0 spiro atoms. The largest absolute Gasteiger partial charge is 0.347 e. The Hall–Kier alpha value is -1.89. The average molecular weight is 213 g/mol. The molecule has 0 atom stereocenters. The summed E-state index contributed by atoms with van der Waals surface area (Å²) in [7, 11) is 0. The number of amides is 1. The lowest BCUT2D eigenvalue weighted by Crippen LogP contribution is -2.68. The highest BCUT2D eigenvalue weighted by Crippen LogP contribution is 2.56. The van der Waals surface area contributed by atoms with Gasteiger partial charge in [-0.1, -0.05) is 0 Å². The number of carbonyl (C=O) groups is 1. The molecule has 3 aliphatic carbocycles. The Balaban J connectivity index is 1.71. The minimum absolute atomic E-state index is 0.0739. The number of hydrogen-bond donors (Lipinski definition) is 1. The molecule has 2 bridgehead atoms. The van der Waals surface area contributed by atoms with Crippen molar-refractivity contribution in [2.45, 2.75) is 24.8 Å². The molecule has 3 fully saturated rings. The molecule has 1 N–H and O–H groups in total. The fourth-order valence-corrected chi connectivity index (χ4v) is 2.54. The maximum atomic E-state index is 11.8. The summed E-state index contributed by atoms with van der Waals surface area (Å²) in [6, 6.07) is 5.14. The fourth-order valence-electron chi connectivity index (χ4n) is 2.54. The van der Waals surface area contributed by atoms with E-state index in [1.165, 1.54) is 6.20 Å². The summed E-state index contributed by atoms with van der Waals surface area (Å²) < 4.78 is 0. The van der Waals surface area contributed by atoms with Crippen LogP contribution in [0.4, 0.5) is 0 Å². The molecule has 1 amide bonds. The monoisotopic (exact) mass is 213 g/mol. The quantitative estimate of drug-likeness (QED) is 0.803. The number of hydrogen-bond acceptors (Lipinski definition) is 3. The number of nitrogens with one attached hydrogen (secondary N) is 1. The Morgan fingerprint density at radius 1 is 1.50 bits per heavy atom. The molecule has 4 rings (SSSR count). The second kappa shape index (κ2) is 3.05. The molecule has 80 valence electrons. The van der Waals surface area contributed by atoms with Gasteiger partial charge in [0.05, 0.1) is 5.56 Å².